The minimum Gasteiger partial charge on any atom is -0.389 e. The Morgan fingerprint density at radius 1 is 1.50 bits per heavy atom. The van der Waals surface area contributed by atoms with Crippen LogP contribution in [-0.4, -0.2) is 21.1 Å². The molecule has 0 saturated carbocycles. The molecular formula is C12H13BrN4S. The van der Waals surface area contributed by atoms with Crippen LogP contribution < -0.4 is 11.1 Å². The van der Waals surface area contributed by atoms with Crippen LogP contribution in [-0.2, 0) is 6.54 Å². The first-order chi connectivity index (χ1) is 8.66. The average Bonchev–Trinajstić information content (AvgIpc) is 2.84. The van der Waals surface area contributed by atoms with Gasteiger partial charge in [-0.05, 0) is 18.2 Å². The molecule has 2 rings (SSSR count). The maximum atomic E-state index is 5.71. The number of nitrogens with one attached hydrogen (secondary N) is 1. The van der Waals surface area contributed by atoms with Crippen LogP contribution in [0.3, 0.4) is 0 Å². The van der Waals surface area contributed by atoms with E-state index < -0.39 is 0 Å². The Morgan fingerprint density at radius 3 is 3.00 bits per heavy atom. The third kappa shape index (κ3) is 3.30. The first-order valence-corrected chi connectivity index (χ1v) is 6.66. The molecule has 0 spiro atoms. The zero-order valence-electron chi connectivity index (χ0n) is 9.64. The molecule has 3 N–H and O–H groups in total. The van der Waals surface area contributed by atoms with E-state index >= 15 is 0 Å². The van der Waals surface area contributed by atoms with E-state index in [-0.39, 0.29) is 0 Å². The van der Waals surface area contributed by atoms with Crippen molar-refractivity contribution in [1.82, 2.24) is 9.55 Å². The summed E-state index contributed by atoms with van der Waals surface area (Å²) in [6.45, 7) is 1.63. The number of hydrogen-bond donors (Lipinski definition) is 2. The van der Waals surface area contributed by atoms with Gasteiger partial charge in [-0.25, -0.2) is 4.98 Å². The van der Waals surface area contributed by atoms with E-state index in [4.69, 9.17) is 18.0 Å². The predicted octanol–water partition coefficient (Wildman–Crippen LogP) is 2.39. The van der Waals surface area contributed by atoms with E-state index in [9.17, 15) is 0 Å². The molecule has 0 atom stereocenters. The molecule has 0 saturated heterocycles. The molecule has 18 heavy (non-hydrogen) atoms. The lowest BCUT2D eigenvalue weighted by molar-refractivity contribution is 0.727. The minimum absolute atomic E-state index is 0.390. The molecule has 0 amide bonds. The number of anilines is 1. The van der Waals surface area contributed by atoms with Crippen LogP contribution in [0.25, 0.3) is 0 Å². The van der Waals surface area contributed by atoms with Crippen LogP contribution in [0.4, 0.5) is 5.69 Å². The molecule has 4 nitrogen and oxygen atoms in total. The van der Waals surface area contributed by atoms with Crippen LogP contribution in [0.5, 0.6) is 0 Å². The SMILES string of the molecule is NC(=S)c1cc(Br)ccc1NCCn1ccnc1. The molecule has 2 aromatic rings. The van der Waals surface area contributed by atoms with Gasteiger partial charge in [0.1, 0.15) is 4.99 Å². The van der Waals surface area contributed by atoms with Gasteiger partial charge in [0.25, 0.3) is 0 Å². The molecule has 0 aliphatic carbocycles. The van der Waals surface area contributed by atoms with Crippen molar-refractivity contribution in [2.45, 2.75) is 6.54 Å². The Kier molecular flexibility index (Phi) is 4.33. The summed E-state index contributed by atoms with van der Waals surface area (Å²) >= 11 is 8.45. The zero-order chi connectivity index (χ0) is 13.0. The summed E-state index contributed by atoms with van der Waals surface area (Å²) in [5, 5.41) is 3.32. The van der Waals surface area contributed by atoms with Crippen molar-refractivity contribution in [3.05, 3.63) is 47.0 Å². The summed E-state index contributed by atoms with van der Waals surface area (Å²) in [6, 6.07) is 5.84. The molecule has 6 heteroatoms. The fourth-order valence-electron chi connectivity index (χ4n) is 1.61. The van der Waals surface area contributed by atoms with Gasteiger partial charge < -0.3 is 15.6 Å². The summed E-state index contributed by atoms with van der Waals surface area (Å²) in [4.78, 5) is 4.38. The lowest BCUT2D eigenvalue weighted by Gasteiger charge is -2.12. The predicted molar refractivity (Wildman–Crippen MR) is 80.7 cm³/mol. The van der Waals surface area contributed by atoms with E-state index in [1.54, 1.807) is 12.5 Å². The Labute approximate surface area is 119 Å². The van der Waals surface area contributed by atoms with Gasteiger partial charge in [-0.1, -0.05) is 28.1 Å². The first-order valence-electron chi connectivity index (χ1n) is 5.46. The Hall–Kier alpha value is -1.40. The van der Waals surface area contributed by atoms with Crippen molar-refractivity contribution >= 4 is 38.8 Å². The number of hydrogen-bond acceptors (Lipinski definition) is 3. The number of nitrogens with zero attached hydrogens (tertiary/aromatic N) is 2. The molecule has 0 bridgehead atoms. The molecular weight excluding hydrogens is 312 g/mol. The van der Waals surface area contributed by atoms with E-state index in [2.05, 4.69) is 26.2 Å². The van der Waals surface area contributed by atoms with Gasteiger partial charge in [0.2, 0.25) is 0 Å². The minimum atomic E-state index is 0.390. The van der Waals surface area contributed by atoms with E-state index in [1.807, 2.05) is 29.0 Å². The largest absolute Gasteiger partial charge is 0.389 e. The van der Waals surface area contributed by atoms with Crippen LogP contribution >= 0.6 is 28.1 Å². The quantitative estimate of drug-likeness (QED) is 0.829. The topological polar surface area (TPSA) is 55.9 Å². The number of imidazole rings is 1. The van der Waals surface area contributed by atoms with Gasteiger partial charge in [-0.2, -0.15) is 0 Å². The lowest BCUT2D eigenvalue weighted by Crippen LogP contribution is -2.15. The molecule has 0 aliphatic heterocycles. The second-order valence-electron chi connectivity index (χ2n) is 3.78. The standard InChI is InChI=1S/C12H13BrN4S/c13-9-1-2-11(10(7-9)12(14)18)16-4-6-17-5-3-15-8-17/h1-3,5,7-8,16H,4,6H2,(H2,14,18). The number of aromatic nitrogens is 2. The summed E-state index contributed by atoms with van der Waals surface area (Å²) in [6.07, 6.45) is 5.48. The molecule has 94 valence electrons. The monoisotopic (exact) mass is 324 g/mol. The van der Waals surface area contributed by atoms with Crippen molar-refractivity contribution in [2.24, 2.45) is 5.73 Å². The summed E-state index contributed by atoms with van der Waals surface area (Å²) in [7, 11) is 0. The smallest absolute Gasteiger partial charge is 0.106 e. The van der Waals surface area contributed by atoms with E-state index in [0.717, 1.165) is 28.8 Å². The fourth-order valence-corrected chi connectivity index (χ4v) is 2.14. The first kappa shape index (κ1) is 13.0. The number of halogens is 1. The van der Waals surface area contributed by atoms with Crippen LogP contribution in [0.15, 0.2) is 41.4 Å². The number of thiocarbonyl (C=S) groups is 1. The maximum absolute atomic E-state index is 5.71. The Bertz CT molecular complexity index is 539. The zero-order valence-corrected chi connectivity index (χ0v) is 12.0. The molecule has 1 heterocycles. The van der Waals surface area contributed by atoms with Gasteiger partial charge in [0, 0.05) is 41.2 Å². The summed E-state index contributed by atoms with van der Waals surface area (Å²) in [5.41, 5.74) is 7.51. The van der Waals surface area contributed by atoms with E-state index in [0.29, 0.717) is 4.99 Å². The number of rotatable bonds is 5. The van der Waals surface area contributed by atoms with Gasteiger partial charge in [0.05, 0.1) is 6.33 Å². The second-order valence-corrected chi connectivity index (χ2v) is 5.14. The van der Waals surface area contributed by atoms with Crippen LogP contribution in [0.1, 0.15) is 5.56 Å². The van der Waals surface area contributed by atoms with Crippen LogP contribution in [0.2, 0.25) is 0 Å². The van der Waals surface area contributed by atoms with Gasteiger partial charge in [-0.3, -0.25) is 0 Å². The Balaban J connectivity index is 2.02. The van der Waals surface area contributed by atoms with Gasteiger partial charge >= 0.3 is 0 Å². The third-order valence-corrected chi connectivity index (χ3v) is 3.20. The highest BCUT2D eigenvalue weighted by Gasteiger charge is 2.05. The molecule has 0 radical (unpaired) electrons. The Morgan fingerprint density at radius 2 is 2.33 bits per heavy atom. The van der Waals surface area contributed by atoms with Crippen molar-refractivity contribution in [2.75, 3.05) is 11.9 Å². The highest BCUT2D eigenvalue weighted by Crippen LogP contribution is 2.20. The normalized spacial score (nSPS) is 10.3. The van der Waals surface area contributed by atoms with Gasteiger partial charge in [0.15, 0.2) is 0 Å². The third-order valence-electron chi connectivity index (χ3n) is 2.49. The molecule has 0 fully saturated rings. The fraction of sp³-hybridized carbons (Fsp3) is 0.167. The molecule has 0 aliphatic rings. The van der Waals surface area contributed by atoms with Crippen molar-refractivity contribution in [3.8, 4) is 0 Å². The second kappa shape index (κ2) is 5.97. The van der Waals surface area contributed by atoms with E-state index in [1.165, 1.54) is 0 Å². The highest BCUT2D eigenvalue weighted by atomic mass is 79.9. The van der Waals surface area contributed by atoms with Crippen molar-refractivity contribution in [3.63, 3.8) is 0 Å². The van der Waals surface area contributed by atoms with Gasteiger partial charge in [-0.15, -0.1) is 0 Å². The molecule has 1 aromatic carbocycles. The number of benzene rings is 1. The van der Waals surface area contributed by atoms with Crippen LogP contribution in [0, 0.1) is 0 Å². The molecule has 0 unspecified atom stereocenters. The molecule has 1 aromatic heterocycles. The lowest BCUT2D eigenvalue weighted by atomic mass is 10.2. The van der Waals surface area contributed by atoms with Crippen molar-refractivity contribution < 1.29 is 0 Å². The van der Waals surface area contributed by atoms with Crippen molar-refractivity contribution in [1.29, 1.82) is 0 Å². The summed E-state index contributed by atoms with van der Waals surface area (Å²) in [5.74, 6) is 0. The summed E-state index contributed by atoms with van der Waals surface area (Å²) < 4.78 is 2.97. The maximum Gasteiger partial charge on any atom is 0.106 e. The number of nitrogens with two attached hydrogens (primary N) is 1. The average molecular weight is 325 g/mol. The highest BCUT2D eigenvalue weighted by molar-refractivity contribution is 9.10.